The van der Waals surface area contributed by atoms with Crippen molar-refractivity contribution in [3.63, 3.8) is 0 Å². The van der Waals surface area contributed by atoms with Crippen LogP contribution in [0.3, 0.4) is 0 Å². The molecule has 0 bridgehead atoms. The minimum absolute atomic E-state index is 0.247. The number of phenols is 1. The monoisotopic (exact) mass is 389 g/mol. The summed E-state index contributed by atoms with van der Waals surface area (Å²) in [4.78, 5) is 0. The number of rotatable bonds is 4. The normalized spacial score (nSPS) is 10.3. The molecule has 0 heterocycles. The Kier molecular flexibility index (Phi) is 4.76. The van der Waals surface area contributed by atoms with Gasteiger partial charge in [0.2, 0.25) is 0 Å². The molecule has 3 nitrogen and oxygen atoms in total. The number of halogens is 2. The molecule has 2 aromatic rings. The van der Waals surface area contributed by atoms with Gasteiger partial charge in [-0.1, -0.05) is 11.6 Å². The maximum Gasteiger partial charge on any atom is 0.120 e. The molecule has 100 valence electrons. The van der Waals surface area contributed by atoms with Crippen LogP contribution in [0.1, 0.15) is 5.56 Å². The molecule has 2 aromatic carbocycles. The van der Waals surface area contributed by atoms with Crippen LogP contribution in [0.4, 0.5) is 5.69 Å². The second-order valence-corrected chi connectivity index (χ2v) is 5.57. The van der Waals surface area contributed by atoms with Crippen LogP contribution in [0.5, 0.6) is 11.5 Å². The van der Waals surface area contributed by atoms with Crippen LogP contribution < -0.4 is 10.1 Å². The van der Waals surface area contributed by atoms with Crippen LogP contribution in [0.2, 0.25) is 5.02 Å². The summed E-state index contributed by atoms with van der Waals surface area (Å²) in [5.74, 6) is 0.970. The summed E-state index contributed by atoms with van der Waals surface area (Å²) in [6.45, 7) is 0.515. The van der Waals surface area contributed by atoms with E-state index in [1.807, 2.05) is 24.3 Å². The van der Waals surface area contributed by atoms with E-state index < -0.39 is 0 Å². The van der Waals surface area contributed by atoms with Crippen LogP contribution >= 0.6 is 34.2 Å². The third kappa shape index (κ3) is 3.67. The van der Waals surface area contributed by atoms with Gasteiger partial charge in [-0.2, -0.15) is 0 Å². The SMILES string of the molecule is COc1ccc(O)c(CNc2ccc(Cl)cc2I)c1. The second-order valence-electron chi connectivity index (χ2n) is 3.97. The summed E-state index contributed by atoms with van der Waals surface area (Å²) < 4.78 is 6.18. The molecule has 0 aliphatic heterocycles. The molecule has 0 aromatic heterocycles. The van der Waals surface area contributed by atoms with Crippen molar-refractivity contribution in [1.82, 2.24) is 0 Å². The molecular weight excluding hydrogens is 377 g/mol. The molecule has 2 N–H and O–H groups in total. The van der Waals surface area contributed by atoms with Gasteiger partial charge in [0.15, 0.2) is 0 Å². The Morgan fingerprint density at radius 1 is 1.26 bits per heavy atom. The van der Waals surface area contributed by atoms with E-state index in [0.29, 0.717) is 11.6 Å². The first-order valence-corrected chi connectivity index (χ1v) is 7.10. The lowest BCUT2D eigenvalue weighted by Gasteiger charge is -2.11. The number of benzene rings is 2. The fourth-order valence-electron chi connectivity index (χ4n) is 1.65. The summed E-state index contributed by atoms with van der Waals surface area (Å²) >= 11 is 8.13. The molecule has 0 unspecified atom stereocenters. The fourth-order valence-corrected chi connectivity index (χ4v) is 2.72. The van der Waals surface area contributed by atoms with Crippen molar-refractivity contribution in [3.05, 3.63) is 50.6 Å². The summed E-state index contributed by atoms with van der Waals surface area (Å²) in [7, 11) is 1.60. The van der Waals surface area contributed by atoms with Gasteiger partial charge in [-0.25, -0.2) is 0 Å². The Bertz CT molecular complexity index is 590. The number of anilines is 1. The minimum atomic E-state index is 0.247. The standard InChI is InChI=1S/C14H13ClINO2/c1-19-11-3-5-14(18)9(6-11)8-17-13-4-2-10(15)7-12(13)16/h2-7,17-18H,8H2,1H3. The molecule has 0 aliphatic carbocycles. The molecule has 0 saturated carbocycles. The van der Waals surface area contributed by atoms with E-state index in [2.05, 4.69) is 27.9 Å². The highest BCUT2D eigenvalue weighted by Crippen LogP contribution is 2.26. The molecule has 0 saturated heterocycles. The van der Waals surface area contributed by atoms with Gasteiger partial charge in [0.1, 0.15) is 11.5 Å². The number of nitrogens with one attached hydrogen (secondary N) is 1. The highest BCUT2D eigenvalue weighted by molar-refractivity contribution is 14.1. The molecule has 0 amide bonds. The Morgan fingerprint density at radius 3 is 2.74 bits per heavy atom. The molecular formula is C14H13ClINO2. The fraction of sp³-hybridized carbons (Fsp3) is 0.143. The number of hydrogen-bond acceptors (Lipinski definition) is 3. The second kappa shape index (κ2) is 6.34. The van der Waals surface area contributed by atoms with Gasteiger partial charge in [0.25, 0.3) is 0 Å². The van der Waals surface area contributed by atoms with E-state index >= 15 is 0 Å². The van der Waals surface area contributed by atoms with Gasteiger partial charge >= 0.3 is 0 Å². The molecule has 0 radical (unpaired) electrons. The highest BCUT2D eigenvalue weighted by atomic mass is 127. The van der Waals surface area contributed by atoms with Gasteiger partial charge in [-0.05, 0) is 59.0 Å². The van der Waals surface area contributed by atoms with E-state index in [4.69, 9.17) is 16.3 Å². The molecule has 0 aliphatic rings. The highest BCUT2D eigenvalue weighted by Gasteiger charge is 2.05. The third-order valence-electron chi connectivity index (χ3n) is 2.69. The maximum absolute atomic E-state index is 9.80. The number of hydrogen-bond donors (Lipinski definition) is 2. The number of phenolic OH excluding ortho intramolecular Hbond substituents is 1. The first-order chi connectivity index (χ1) is 9.10. The van der Waals surface area contributed by atoms with Crippen LogP contribution in [-0.4, -0.2) is 12.2 Å². The average molecular weight is 390 g/mol. The zero-order chi connectivity index (χ0) is 13.8. The predicted octanol–water partition coefficient (Wildman–Crippen LogP) is 4.27. The lowest BCUT2D eigenvalue weighted by molar-refractivity contribution is 0.411. The van der Waals surface area contributed by atoms with E-state index in [1.54, 1.807) is 19.2 Å². The van der Waals surface area contributed by atoms with Crippen molar-refractivity contribution < 1.29 is 9.84 Å². The Balaban J connectivity index is 2.14. The minimum Gasteiger partial charge on any atom is -0.508 e. The van der Waals surface area contributed by atoms with Crippen LogP contribution in [-0.2, 0) is 6.54 Å². The van der Waals surface area contributed by atoms with Gasteiger partial charge in [0, 0.05) is 26.4 Å². The topological polar surface area (TPSA) is 41.5 Å². The van der Waals surface area contributed by atoms with Crippen molar-refractivity contribution in [2.75, 3.05) is 12.4 Å². The quantitative estimate of drug-likeness (QED) is 0.767. The van der Waals surface area contributed by atoms with E-state index in [1.165, 1.54) is 0 Å². The summed E-state index contributed by atoms with van der Waals surface area (Å²) in [6.07, 6.45) is 0. The smallest absolute Gasteiger partial charge is 0.120 e. The van der Waals surface area contributed by atoms with Crippen LogP contribution in [0.25, 0.3) is 0 Å². The lowest BCUT2D eigenvalue weighted by Crippen LogP contribution is -2.01. The van der Waals surface area contributed by atoms with Gasteiger partial charge in [-0.15, -0.1) is 0 Å². The maximum atomic E-state index is 9.80. The van der Waals surface area contributed by atoms with E-state index in [0.717, 1.165) is 20.6 Å². The summed E-state index contributed by atoms with van der Waals surface area (Å²) in [5, 5.41) is 13.8. The van der Waals surface area contributed by atoms with Crippen molar-refractivity contribution in [3.8, 4) is 11.5 Å². The largest absolute Gasteiger partial charge is 0.508 e. The Hall–Kier alpha value is -1.14. The summed E-state index contributed by atoms with van der Waals surface area (Å²) in [5.41, 5.74) is 1.76. The molecule has 19 heavy (non-hydrogen) atoms. The zero-order valence-electron chi connectivity index (χ0n) is 10.3. The summed E-state index contributed by atoms with van der Waals surface area (Å²) in [6, 6.07) is 10.8. The van der Waals surface area contributed by atoms with Gasteiger partial charge in [-0.3, -0.25) is 0 Å². The Morgan fingerprint density at radius 2 is 2.05 bits per heavy atom. The first kappa shape index (κ1) is 14.3. The van der Waals surface area contributed by atoms with Crippen molar-refractivity contribution >= 4 is 39.9 Å². The van der Waals surface area contributed by atoms with Crippen molar-refractivity contribution in [1.29, 1.82) is 0 Å². The van der Waals surface area contributed by atoms with E-state index in [9.17, 15) is 5.11 Å². The van der Waals surface area contributed by atoms with Crippen LogP contribution in [0.15, 0.2) is 36.4 Å². The molecule has 0 atom stereocenters. The average Bonchev–Trinajstić information content (AvgIpc) is 2.39. The van der Waals surface area contributed by atoms with E-state index in [-0.39, 0.29) is 5.75 Å². The molecule has 2 rings (SSSR count). The molecule has 5 heteroatoms. The van der Waals surface area contributed by atoms with Crippen molar-refractivity contribution in [2.24, 2.45) is 0 Å². The molecule has 0 spiro atoms. The zero-order valence-corrected chi connectivity index (χ0v) is 13.2. The lowest BCUT2D eigenvalue weighted by atomic mass is 10.2. The predicted molar refractivity (Wildman–Crippen MR) is 86.2 cm³/mol. The van der Waals surface area contributed by atoms with Crippen molar-refractivity contribution in [2.45, 2.75) is 6.54 Å². The van der Waals surface area contributed by atoms with Gasteiger partial charge in [0.05, 0.1) is 7.11 Å². The number of aromatic hydroxyl groups is 1. The van der Waals surface area contributed by atoms with Gasteiger partial charge < -0.3 is 15.2 Å². The Labute approximate surface area is 130 Å². The first-order valence-electron chi connectivity index (χ1n) is 5.65. The molecule has 0 fully saturated rings. The third-order valence-corrected chi connectivity index (χ3v) is 3.81. The number of methoxy groups -OCH3 is 1. The van der Waals surface area contributed by atoms with Crippen LogP contribution in [0, 0.1) is 3.57 Å². The number of ether oxygens (including phenoxy) is 1.